The van der Waals surface area contributed by atoms with Crippen LogP contribution in [0, 0.1) is 0 Å². The molecule has 3 rings (SSSR count). The molecule has 0 heterocycles. The molecule has 0 bridgehead atoms. The number of carbonyl (C=O) groups is 1. The Balaban J connectivity index is 1.96. The van der Waals surface area contributed by atoms with Gasteiger partial charge in [-0.3, -0.25) is 4.79 Å². The van der Waals surface area contributed by atoms with Gasteiger partial charge in [-0.1, -0.05) is 48.6 Å². The molecule has 2 nitrogen and oxygen atoms in total. The van der Waals surface area contributed by atoms with E-state index in [0.29, 0.717) is 0 Å². The van der Waals surface area contributed by atoms with Gasteiger partial charge in [0.25, 0.3) is 5.91 Å². The van der Waals surface area contributed by atoms with E-state index in [2.05, 4.69) is 5.32 Å². The van der Waals surface area contributed by atoms with E-state index in [1.807, 2.05) is 60.7 Å². The molecular formula is C16H13NO. The minimum absolute atomic E-state index is 0.0400. The summed E-state index contributed by atoms with van der Waals surface area (Å²) in [6.45, 7) is 0. The molecule has 2 aromatic carbocycles. The van der Waals surface area contributed by atoms with Crippen molar-refractivity contribution in [1.82, 2.24) is 5.32 Å². The minimum atomic E-state index is -0.0400. The highest BCUT2D eigenvalue weighted by Gasteiger charge is 2.11. The van der Waals surface area contributed by atoms with Crippen molar-refractivity contribution in [3.8, 4) is 0 Å². The molecule has 1 N–H and O–H groups in total. The van der Waals surface area contributed by atoms with Crippen molar-refractivity contribution < 1.29 is 4.79 Å². The molecule has 0 spiro atoms. The number of amides is 1. The third-order valence-electron chi connectivity index (χ3n) is 3.08. The van der Waals surface area contributed by atoms with Crippen LogP contribution in [0.25, 0.3) is 10.8 Å². The van der Waals surface area contributed by atoms with Crippen LogP contribution in [0.15, 0.2) is 66.4 Å². The molecule has 1 amide bonds. The van der Waals surface area contributed by atoms with Gasteiger partial charge in [0.2, 0.25) is 0 Å². The Morgan fingerprint density at radius 3 is 2.72 bits per heavy atom. The van der Waals surface area contributed by atoms with Gasteiger partial charge in [0.1, 0.15) is 0 Å². The number of allylic oxidation sites excluding steroid dienone is 3. The van der Waals surface area contributed by atoms with Crippen LogP contribution < -0.4 is 5.32 Å². The van der Waals surface area contributed by atoms with Crippen molar-refractivity contribution in [2.75, 3.05) is 0 Å². The Kier molecular flexibility index (Phi) is 2.69. The summed E-state index contributed by atoms with van der Waals surface area (Å²) in [7, 11) is 0. The Bertz CT molecular complexity index is 662. The van der Waals surface area contributed by atoms with Gasteiger partial charge in [-0.05, 0) is 22.9 Å². The van der Waals surface area contributed by atoms with Crippen molar-refractivity contribution in [3.63, 3.8) is 0 Å². The fourth-order valence-electron chi connectivity index (χ4n) is 2.18. The first-order valence-corrected chi connectivity index (χ1v) is 5.99. The van der Waals surface area contributed by atoms with Crippen LogP contribution in [-0.4, -0.2) is 5.91 Å². The highest BCUT2D eigenvalue weighted by Crippen LogP contribution is 2.19. The molecular weight excluding hydrogens is 222 g/mol. The van der Waals surface area contributed by atoms with Gasteiger partial charge in [0, 0.05) is 17.7 Å². The van der Waals surface area contributed by atoms with E-state index >= 15 is 0 Å². The number of rotatable bonds is 2. The lowest BCUT2D eigenvalue weighted by molar-refractivity contribution is 0.0967. The second-order valence-electron chi connectivity index (χ2n) is 4.31. The van der Waals surface area contributed by atoms with Gasteiger partial charge in [-0.2, -0.15) is 0 Å². The average Bonchev–Trinajstić information content (AvgIpc) is 2.91. The first-order chi connectivity index (χ1) is 8.84. The Morgan fingerprint density at radius 1 is 1.06 bits per heavy atom. The molecule has 0 aromatic heterocycles. The van der Waals surface area contributed by atoms with Gasteiger partial charge in [0.15, 0.2) is 0 Å². The standard InChI is InChI=1S/C16H13NO/c18-16(17-13-8-2-3-9-13)15-11-5-7-12-6-1-4-10-14(12)15/h1-8,10-11H,9H2,(H,17,18). The van der Waals surface area contributed by atoms with Gasteiger partial charge in [-0.15, -0.1) is 0 Å². The van der Waals surface area contributed by atoms with E-state index in [-0.39, 0.29) is 5.91 Å². The van der Waals surface area contributed by atoms with Gasteiger partial charge in [0.05, 0.1) is 0 Å². The lowest BCUT2D eigenvalue weighted by Gasteiger charge is -2.08. The molecule has 1 aliphatic carbocycles. The molecule has 0 saturated heterocycles. The predicted molar refractivity (Wildman–Crippen MR) is 73.3 cm³/mol. The van der Waals surface area contributed by atoms with Crippen molar-refractivity contribution in [1.29, 1.82) is 0 Å². The maximum atomic E-state index is 12.2. The Hall–Kier alpha value is -2.35. The van der Waals surface area contributed by atoms with E-state index in [1.165, 1.54) is 0 Å². The van der Waals surface area contributed by atoms with Gasteiger partial charge in [-0.25, -0.2) is 0 Å². The molecule has 0 atom stereocenters. The van der Waals surface area contributed by atoms with Crippen LogP contribution in [0.3, 0.4) is 0 Å². The van der Waals surface area contributed by atoms with Crippen LogP contribution in [0.4, 0.5) is 0 Å². The molecule has 0 unspecified atom stereocenters. The quantitative estimate of drug-likeness (QED) is 0.849. The molecule has 1 aliphatic rings. The van der Waals surface area contributed by atoms with Crippen LogP contribution in [0.2, 0.25) is 0 Å². The summed E-state index contributed by atoms with van der Waals surface area (Å²) in [6, 6.07) is 13.7. The number of benzene rings is 2. The first kappa shape index (κ1) is 10.8. The average molecular weight is 235 g/mol. The highest BCUT2D eigenvalue weighted by atomic mass is 16.1. The number of hydrogen-bond donors (Lipinski definition) is 1. The van der Waals surface area contributed by atoms with Gasteiger partial charge >= 0.3 is 0 Å². The monoisotopic (exact) mass is 235 g/mol. The second kappa shape index (κ2) is 4.49. The summed E-state index contributed by atoms with van der Waals surface area (Å²) >= 11 is 0. The zero-order valence-corrected chi connectivity index (χ0v) is 9.89. The van der Waals surface area contributed by atoms with E-state index in [4.69, 9.17) is 0 Å². The third-order valence-corrected chi connectivity index (χ3v) is 3.08. The molecule has 0 saturated carbocycles. The van der Waals surface area contributed by atoms with Crippen molar-refractivity contribution >= 4 is 16.7 Å². The zero-order valence-electron chi connectivity index (χ0n) is 9.89. The summed E-state index contributed by atoms with van der Waals surface area (Å²) in [5.41, 5.74) is 1.67. The number of nitrogens with one attached hydrogen (secondary N) is 1. The largest absolute Gasteiger partial charge is 0.325 e. The minimum Gasteiger partial charge on any atom is -0.325 e. The van der Waals surface area contributed by atoms with Crippen LogP contribution in [0.1, 0.15) is 16.8 Å². The molecule has 18 heavy (non-hydrogen) atoms. The highest BCUT2D eigenvalue weighted by molar-refractivity contribution is 6.07. The van der Waals surface area contributed by atoms with Crippen LogP contribution in [-0.2, 0) is 0 Å². The lowest BCUT2D eigenvalue weighted by atomic mass is 10.0. The summed E-state index contributed by atoms with van der Waals surface area (Å²) < 4.78 is 0. The number of carbonyl (C=O) groups excluding carboxylic acids is 1. The zero-order chi connectivity index (χ0) is 12.4. The summed E-state index contributed by atoms with van der Waals surface area (Å²) in [5, 5.41) is 5.02. The number of fused-ring (bicyclic) bond motifs is 1. The fraction of sp³-hybridized carbons (Fsp3) is 0.0625. The molecule has 0 radical (unpaired) electrons. The fourth-order valence-corrected chi connectivity index (χ4v) is 2.18. The van der Waals surface area contributed by atoms with E-state index in [1.54, 1.807) is 0 Å². The SMILES string of the molecule is O=C(NC1=CC=CC1)c1cccc2ccccc12. The smallest absolute Gasteiger partial charge is 0.256 e. The topological polar surface area (TPSA) is 29.1 Å². The molecule has 2 aromatic rings. The normalized spacial score (nSPS) is 13.7. The molecule has 0 fully saturated rings. The third kappa shape index (κ3) is 1.93. The van der Waals surface area contributed by atoms with Crippen LogP contribution >= 0.6 is 0 Å². The summed E-state index contributed by atoms with van der Waals surface area (Å²) in [5.74, 6) is -0.0400. The maximum Gasteiger partial charge on any atom is 0.256 e. The van der Waals surface area contributed by atoms with Gasteiger partial charge < -0.3 is 5.32 Å². The maximum absolute atomic E-state index is 12.2. The van der Waals surface area contributed by atoms with Crippen LogP contribution in [0.5, 0.6) is 0 Å². The molecule has 2 heteroatoms. The molecule has 88 valence electrons. The van der Waals surface area contributed by atoms with E-state index < -0.39 is 0 Å². The van der Waals surface area contributed by atoms with E-state index in [9.17, 15) is 4.79 Å². The van der Waals surface area contributed by atoms with Crippen molar-refractivity contribution in [2.45, 2.75) is 6.42 Å². The van der Waals surface area contributed by atoms with Crippen molar-refractivity contribution in [2.24, 2.45) is 0 Å². The lowest BCUT2D eigenvalue weighted by Crippen LogP contribution is -2.22. The van der Waals surface area contributed by atoms with Crippen molar-refractivity contribution in [3.05, 3.63) is 72.0 Å². The molecule has 0 aliphatic heterocycles. The first-order valence-electron chi connectivity index (χ1n) is 5.99. The Labute approximate surface area is 106 Å². The summed E-state index contributed by atoms with van der Waals surface area (Å²) in [4.78, 5) is 12.2. The number of hydrogen-bond acceptors (Lipinski definition) is 1. The van der Waals surface area contributed by atoms with E-state index in [0.717, 1.165) is 28.5 Å². The predicted octanol–water partition coefficient (Wildman–Crippen LogP) is 3.41. The second-order valence-corrected chi connectivity index (χ2v) is 4.31. The summed E-state index contributed by atoms with van der Waals surface area (Å²) in [6.07, 6.45) is 6.72. The Morgan fingerprint density at radius 2 is 1.89 bits per heavy atom.